The molecule has 0 fully saturated rings. The first-order valence-corrected chi connectivity index (χ1v) is 7.45. The SMILES string of the molecule is Cc1ccc([N+](=O)[O-])c(OCC(=O)NC(=O)NCc2ccccc2)c1. The van der Waals surface area contributed by atoms with Crippen molar-refractivity contribution in [3.05, 3.63) is 69.8 Å². The average molecular weight is 343 g/mol. The van der Waals surface area contributed by atoms with Crippen molar-refractivity contribution in [2.75, 3.05) is 6.61 Å². The van der Waals surface area contributed by atoms with Crippen LogP contribution in [0.5, 0.6) is 5.75 Å². The van der Waals surface area contributed by atoms with Gasteiger partial charge in [-0.25, -0.2) is 4.79 Å². The Hall–Kier alpha value is -3.42. The molecule has 2 rings (SSSR count). The fourth-order valence-corrected chi connectivity index (χ4v) is 2.02. The zero-order valence-electron chi connectivity index (χ0n) is 13.5. The van der Waals surface area contributed by atoms with E-state index in [1.54, 1.807) is 13.0 Å². The zero-order valence-corrected chi connectivity index (χ0v) is 13.5. The lowest BCUT2D eigenvalue weighted by atomic mass is 10.2. The number of carbonyl (C=O) groups is 2. The molecule has 8 heteroatoms. The van der Waals surface area contributed by atoms with Crippen LogP contribution in [0.4, 0.5) is 10.5 Å². The first-order chi connectivity index (χ1) is 12.0. The van der Waals surface area contributed by atoms with E-state index in [1.807, 2.05) is 30.3 Å². The summed E-state index contributed by atoms with van der Waals surface area (Å²) < 4.78 is 5.17. The van der Waals surface area contributed by atoms with Crippen LogP contribution >= 0.6 is 0 Å². The summed E-state index contributed by atoms with van der Waals surface area (Å²) in [6.07, 6.45) is 0. The van der Waals surface area contributed by atoms with Crippen LogP contribution in [-0.2, 0) is 11.3 Å². The number of nitrogens with zero attached hydrogens (tertiary/aromatic N) is 1. The number of amides is 3. The first kappa shape index (κ1) is 17.9. The van der Waals surface area contributed by atoms with Crippen LogP contribution in [0.3, 0.4) is 0 Å². The topological polar surface area (TPSA) is 111 Å². The molecule has 2 aromatic carbocycles. The van der Waals surface area contributed by atoms with Crippen LogP contribution < -0.4 is 15.4 Å². The van der Waals surface area contributed by atoms with Crippen LogP contribution in [0, 0.1) is 17.0 Å². The molecule has 0 aliphatic rings. The summed E-state index contributed by atoms with van der Waals surface area (Å²) in [6, 6.07) is 12.9. The van der Waals surface area contributed by atoms with E-state index in [-0.39, 0.29) is 18.0 Å². The van der Waals surface area contributed by atoms with Gasteiger partial charge < -0.3 is 10.1 Å². The van der Waals surface area contributed by atoms with Crippen molar-refractivity contribution in [3.63, 3.8) is 0 Å². The number of rotatable bonds is 6. The zero-order chi connectivity index (χ0) is 18.2. The van der Waals surface area contributed by atoms with Crippen molar-refractivity contribution < 1.29 is 19.2 Å². The number of benzene rings is 2. The van der Waals surface area contributed by atoms with E-state index < -0.39 is 23.5 Å². The van der Waals surface area contributed by atoms with E-state index in [9.17, 15) is 19.7 Å². The van der Waals surface area contributed by atoms with Gasteiger partial charge in [-0.3, -0.25) is 20.2 Å². The van der Waals surface area contributed by atoms with Gasteiger partial charge in [0.1, 0.15) is 0 Å². The molecule has 2 N–H and O–H groups in total. The van der Waals surface area contributed by atoms with Crippen LogP contribution in [-0.4, -0.2) is 23.5 Å². The number of urea groups is 1. The Labute approximate surface area is 144 Å². The molecule has 8 nitrogen and oxygen atoms in total. The van der Waals surface area contributed by atoms with Gasteiger partial charge in [0.05, 0.1) is 4.92 Å². The maximum Gasteiger partial charge on any atom is 0.321 e. The second-order valence-electron chi connectivity index (χ2n) is 5.23. The fourth-order valence-electron chi connectivity index (χ4n) is 2.02. The highest BCUT2D eigenvalue weighted by molar-refractivity contribution is 5.95. The standard InChI is InChI=1S/C17H17N3O5/c1-12-7-8-14(20(23)24)15(9-12)25-11-16(21)19-17(22)18-10-13-5-3-2-4-6-13/h2-9H,10-11H2,1H3,(H2,18,19,21,22). The third-order valence-electron chi connectivity index (χ3n) is 3.22. The molecule has 0 radical (unpaired) electrons. The fraction of sp³-hybridized carbons (Fsp3) is 0.176. The lowest BCUT2D eigenvalue weighted by Gasteiger charge is -2.09. The molecule has 25 heavy (non-hydrogen) atoms. The van der Waals surface area contributed by atoms with Gasteiger partial charge in [-0.1, -0.05) is 36.4 Å². The van der Waals surface area contributed by atoms with E-state index in [1.165, 1.54) is 12.1 Å². The summed E-state index contributed by atoms with van der Waals surface area (Å²) in [5.41, 5.74) is 1.39. The molecule has 0 bridgehead atoms. The minimum atomic E-state index is -0.707. The number of hydrogen-bond donors (Lipinski definition) is 2. The molecular formula is C17H17N3O5. The smallest absolute Gasteiger partial charge is 0.321 e. The molecule has 0 aliphatic carbocycles. The van der Waals surface area contributed by atoms with Gasteiger partial charge in [0.2, 0.25) is 0 Å². The number of imide groups is 1. The number of hydrogen-bond acceptors (Lipinski definition) is 5. The number of nitro groups is 1. The third-order valence-corrected chi connectivity index (χ3v) is 3.22. The molecule has 3 amide bonds. The molecule has 0 aliphatic heterocycles. The van der Waals surface area contributed by atoms with Crippen LogP contribution in [0.2, 0.25) is 0 Å². The summed E-state index contributed by atoms with van der Waals surface area (Å²) in [5, 5.41) is 15.6. The van der Waals surface area contributed by atoms with E-state index >= 15 is 0 Å². The van der Waals surface area contributed by atoms with Crippen molar-refractivity contribution >= 4 is 17.6 Å². The van der Waals surface area contributed by atoms with Crippen LogP contribution in [0.25, 0.3) is 0 Å². The van der Waals surface area contributed by atoms with Crippen molar-refractivity contribution in [1.29, 1.82) is 0 Å². The van der Waals surface area contributed by atoms with Gasteiger partial charge >= 0.3 is 11.7 Å². The monoisotopic (exact) mass is 343 g/mol. The van der Waals surface area contributed by atoms with Gasteiger partial charge in [-0.15, -0.1) is 0 Å². The number of aryl methyl sites for hydroxylation is 1. The third kappa shape index (κ3) is 5.61. The quantitative estimate of drug-likeness (QED) is 0.618. The summed E-state index contributed by atoms with van der Waals surface area (Å²) in [6.45, 7) is 1.50. The van der Waals surface area contributed by atoms with Crippen LogP contribution in [0.15, 0.2) is 48.5 Å². The number of ether oxygens (including phenoxy) is 1. The number of nitrogens with one attached hydrogen (secondary N) is 2. The summed E-state index contributed by atoms with van der Waals surface area (Å²) >= 11 is 0. The van der Waals surface area contributed by atoms with E-state index in [0.29, 0.717) is 0 Å². The van der Waals surface area contributed by atoms with Gasteiger partial charge in [-0.05, 0) is 24.1 Å². The molecule has 0 unspecified atom stereocenters. The molecule has 0 aromatic heterocycles. The van der Waals surface area contributed by atoms with E-state index in [0.717, 1.165) is 11.1 Å². The molecule has 0 saturated heterocycles. The Balaban J connectivity index is 1.83. The highest BCUT2D eigenvalue weighted by Gasteiger charge is 2.16. The largest absolute Gasteiger partial charge is 0.477 e. The van der Waals surface area contributed by atoms with Crippen molar-refractivity contribution in [2.45, 2.75) is 13.5 Å². The lowest BCUT2D eigenvalue weighted by Crippen LogP contribution is -2.41. The summed E-state index contributed by atoms with van der Waals surface area (Å²) in [7, 11) is 0. The molecule has 2 aromatic rings. The van der Waals surface area contributed by atoms with Crippen molar-refractivity contribution in [2.24, 2.45) is 0 Å². The maximum absolute atomic E-state index is 11.7. The predicted molar refractivity (Wildman–Crippen MR) is 90.1 cm³/mol. The first-order valence-electron chi connectivity index (χ1n) is 7.45. The molecular weight excluding hydrogens is 326 g/mol. The van der Waals surface area contributed by atoms with E-state index in [4.69, 9.17) is 4.74 Å². The Morgan fingerprint density at radius 2 is 1.88 bits per heavy atom. The minimum absolute atomic E-state index is 0.0233. The van der Waals surface area contributed by atoms with Crippen molar-refractivity contribution in [1.82, 2.24) is 10.6 Å². The number of nitro benzene ring substituents is 1. The Kier molecular flexibility index (Phi) is 6.05. The molecule has 0 spiro atoms. The normalized spacial score (nSPS) is 9.96. The van der Waals surface area contributed by atoms with E-state index in [2.05, 4.69) is 10.6 Å². The molecule has 0 heterocycles. The Morgan fingerprint density at radius 3 is 2.56 bits per heavy atom. The van der Waals surface area contributed by atoms with Crippen molar-refractivity contribution in [3.8, 4) is 5.75 Å². The summed E-state index contributed by atoms with van der Waals surface area (Å²) in [4.78, 5) is 33.7. The van der Waals surface area contributed by atoms with Crippen LogP contribution in [0.1, 0.15) is 11.1 Å². The predicted octanol–water partition coefficient (Wildman–Crippen LogP) is 2.31. The Bertz CT molecular complexity index is 777. The number of carbonyl (C=O) groups excluding carboxylic acids is 2. The summed E-state index contributed by atoms with van der Waals surface area (Å²) in [5.74, 6) is -0.730. The minimum Gasteiger partial charge on any atom is -0.477 e. The second-order valence-corrected chi connectivity index (χ2v) is 5.23. The second kappa shape index (κ2) is 8.44. The molecule has 130 valence electrons. The molecule has 0 saturated carbocycles. The molecule has 0 atom stereocenters. The van der Waals surface area contributed by atoms with Gasteiger partial charge in [-0.2, -0.15) is 0 Å². The average Bonchev–Trinajstić information content (AvgIpc) is 2.59. The van der Waals surface area contributed by atoms with Gasteiger partial charge in [0, 0.05) is 12.6 Å². The van der Waals surface area contributed by atoms with Gasteiger partial charge in [0.25, 0.3) is 5.91 Å². The van der Waals surface area contributed by atoms with Gasteiger partial charge in [0.15, 0.2) is 12.4 Å². The Morgan fingerprint density at radius 1 is 1.16 bits per heavy atom. The highest BCUT2D eigenvalue weighted by Crippen LogP contribution is 2.27. The maximum atomic E-state index is 11.7. The lowest BCUT2D eigenvalue weighted by molar-refractivity contribution is -0.385. The highest BCUT2D eigenvalue weighted by atomic mass is 16.6.